The van der Waals surface area contributed by atoms with Crippen LogP contribution in [0.4, 0.5) is 5.69 Å². The fourth-order valence-corrected chi connectivity index (χ4v) is 3.97. The number of aryl methyl sites for hydroxylation is 1. The van der Waals surface area contributed by atoms with Crippen molar-refractivity contribution < 1.29 is 4.79 Å². The summed E-state index contributed by atoms with van der Waals surface area (Å²) >= 11 is 4.79. The van der Waals surface area contributed by atoms with Gasteiger partial charge in [0.05, 0.1) is 17.0 Å². The first kappa shape index (κ1) is 19.7. The van der Waals surface area contributed by atoms with E-state index in [-0.39, 0.29) is 11.7 Å². The number of hydrogen-bond donors (Lipinski definition) is 1. The number of hydrogen-bond acceptors (Lipinski definition) is 4. The second kappa shape index (κ2) is 8.80. The van der Waals surface area contributed by atoms with Crippen LogP contribution in [0.3, 0.4) is 0 Å². The predicted octanol–water partition coefficient (Wildman–Crippen LogP) is 5.45. The monoisotopic (exact) mass is 466 g/mol. The van der Waals surface area contributed by atoms with E-state index in [1.54, 1.807) is 6.20 Å². The van der Waals surface area contributed by atoms with Crippen molar-refractivity contribution in [2.24, 2.45) is 0 Å². The van der Waals surface area contributed by atoms with E-state index in [1.807, 2.05) is 41.0 Å². The Kier molecular flexibility index (Phi) is 5.97. The number of thioether (sulfide) groups is 1. The summed E-state index contributed by atoms with van der Waals surface area (Å²) in [5, 5.41) is 8.34. The number of amides is 1. The molecule has 0 atom stereocenters. The van der Waals surface area contributed by atoms with Crippen molar-refractivity contribution in [3.8, 4) is 11.3 Å². The summed E-state index contributed by atoms with van der Waals surface area (Å²) in [6.45, 7) is 2.14. The van der Waals surface area contributed by atoms with Crippen molar-refractivity contribution in [1.82, 2.24) is 14.6 Å². The lowest BCUT2D eigenvalue weighted by Crippen LogP contribution is -2.14. The van der Waals surface area contributed by atoms with Gasteiger partial charge in [-0.25, -0.2) is 9.50 Å². The molecule has 0 bridgehead atoms. The molecule has 0 aliphatic rings. The van der Waals surface area contributed by atoms with E-state index in [0.29, 0.717) is 0 Å². The molecule has 0 aliphatic carbocycles. The second-order valence-corrected chi connectivity index (χ2v) is 8.37. The van der Waals surface area contributed by atoms with E-state index >= 15 is 0 Å². The van der Waals surface area contributed by atoms with Crippen LogP contribution in [0, 0.1) is 0 Å². The molecule has 1 N–H and O–H groups in total. The summed E-state index contributed by atoms with van der Waals surface area (Å²) in [6, 6.07) is 18.0. The van der Waals surface area contributed by atoms with Gasteiger partial charge < -0.3 is 5.32 Å². The summed E-state index contributed by atoms with van der Waals surface area (Å²) in [4.78, 5) is 16.7. The maximum Gasteiger partial charge on any atom is 0.234 e. The maximum atomic E-state index is 12.3. The van der Waals surface area contributed by atoms with Gasteiger partial charge >= 0.3 is 0 Å². The molecule has 29 heavy (non-hydrogen) atoms. The molecule has 0 fully saturated rings. The van der Waals surface area contributed by atoms with E-state index in [1.165, 1.54) is 17.3 Å². The first-order chi connectivity index (χ1) is 14.1. The van der Waals surface area contributed by atoms with Crippen molar-refractivity contribution in [2.45, 2.75) is 18.4 Å². The number of halogens is 1. The van der Waals surface area contributed by atoms with Gasteiger partial charge in [0.25, 0.3) is 0 Å². The number of anilines is 1. The number of benzene rings is 2. The molecule has 4 rings (SSSR count). The molecule has 0 spiro atoms. The van der Waals surface area contributed by atoms with E-state index in [0.717, 1.165) is 38.4 Å². The average molecular weight is 467 g/mol. The molecular formula is C22H19BrN4OS. The Bertz CT molecular complexity index is 1140. The molecule has 2 heterocycles. The highest BCUT2D eigenvalue weighted by molar-refractivity contribution is 9.10. The third kappa shape index (κ3) is 4.68. The molecule has 0 radical (unpaired) electrons. The summed E-state index contributed by atoms with van der Waals surface area (Å²) in [5.74, 6) is 0.199. The Morgan fingerprint density at radius 1 is 1.14 bits per heavy atom. The number of rotatable bonds is 6. The maximum absolute atomic E-state index is 12.3. The van der Waals surface area contributed by atoms with Crippen molar-refractivity contribution >= 4 is 44.8 Å². The fourth-order valence-electron chi connectivity index (χ4n) is 2.93. The molecule has 7 heteroatoms. The van der Waals surface area contributed by atoms with Crippen molar-refractivity contribution in [1.29, 1.82) is 0 Å². The molecule has 0 saturated heterocycles. The van der Waals surface area contributed by atoms with E-state index in [4.69, 9.17) is 0 Å². The SMILES string of the molecule is CCc1ccc(-c2cc3c(SCC(=O)Nc4ccc(Br)cc4)nccn3n2)cc1. The van der Waals surface area contributed by atoms with Crippen LogP contribution in [0.2, 0.25) is 0 Å². The lowest BCUT2D eigenvalue weighted by Gasteiger charge is -2.05. The van der Waals surface area contributed by atoms with Crippen LogP contribution in [0.1, 0.15) is 12.5 Å². The summed E-state index contributed by atoms with van der Waals surface area (Å²) in [5.41, 5.74) is 4.92. The number of carbonyl (C=O) groups excluding carboxylic acids is 1. The molecule has 5 nitrogen and oxygen atoms in total. The van der Waals surface area contributed by atoms with E-state index < -0.39 is 0 Å². The Morgan fingerprint density at radius 2 is 1.90 bits per heavy atom. The van der Waals surface area contributed by atoms with Gasteiger partial charge in [-0.15, -0.1) is 0 Å². The normalized spacial score (nSPS) is 11.0. The lowest BCUT2D eigenvalue weighted by atomic mass is 10.1. The highest BCUT2D eigenvalue weighted by Crippen LogP contribution is 2.26. The quantitative estimate of drug-likeness (QED) is 0.383. The van der Waals surface area contributed by atoms with Gasteiger partial charge in [-0.05, 0) is 42.3 Å². The molecule has 0 saturated carbocycles. The number of nitrogens with one attached hydrogen (secondary N) is 1. The zero-order chi connectivity index (χ0) is 20.2. The van der Waals surface area contributed by atoms with Crippen LogP contribution in [-0.2, 0) is 11.2 Å². The van der Waals surface area contributed by atoms with Crippen molar-refractivity contribution in [2.75, 3.05) is 11.1 Å². The summed E-state index contributed by atoms with van der Waals surface area (Å²) in [7, 11) is 0. The molecule has 146 valence electrons. The minimum atomic E-state index is -0.0731. The van der Waals surface area contributed by atoms with Gasteiger partial charge in [0.15, 0.2) is 0 Å². The molecule has 0 unspecified atom stereocenters. The number of nitrogens with zero attached hydrogens (tertiary/aromatic N) is 3. The zero-order valence-corrected chi connectivity index (χ0v) is 18.2. The van der Waals surface area contributed by atoms with Crippen LogP contribution >= 0.6 is 27.7 Å². The smallest absolute Gasteiger partial charge is 0.234 e. The van der Waals surface area contributed by atoms with Crippen LogP contribution in [-0.4, -0.2) is 26.3 Å². The van der Waals surface area contributed by atoms with Gasteiger partial charge in [0.2, 0.25) is 5.91 Å². The summed E-state index contributed by atoms with van der Waals surface area (Å²) < 4.78 is 2.78. The van der Waals surface area contributed by atoms with Crippen LogP contribution < -0.4 is 5.32 Å². The van der Waals surface area contributed by atoms with Crippen molar-refractivity contribution in [3.05, 3.63) is 77.0 Å². The fraction of sp³-hybridized carbons (Fsp3) is 0.136. The third-order valence-corrected chi connectivity index (χ3v) is 6.00. The van der Waals surface area contributed by atoms with E-state index in [2.05, 4.69) is 62.5 Å². The van der Waals surface area contributed by atoms with Crippen LogP contribution in [0.15, 0.2) is 76.5 Å². The highest BCUT2D eigenvalue weighted by atomic mass is 79.9. The molecule has 4 aromatic rings. The number of aromatic nitrogens is 3. The van der Waals surface area contributed by atoms with Crippen molar-refractivity contribution in [3.63, 3.8) is 0 Å². The first-order valence-electron chi connectivity index (χ1n) is 9.24. The standard InChI is InChI=1S/C22H19BrN4OS/c1-2-15-3-5-16(6-4-15)19-13-20-22(24-11-12-27(20)26-19)29-14-21(28)25-18-9-7-17(23)8-10-18/h3-13H,2,14H2,1H3,(H,25,28). The zero-order valence-electron chi connectivity index (χ0n) is 15.8. The Balaban J connectivity index is 1.49. The predicted molar refractivity (Wildman–Crippen MR) is 121 cm³/mol. The Hall–Kier alpha value is -2.64. The Labute approximate surface area is 181 Å². The molecule has 2 aromatic carbocycles. The topological polar surface area (TPSA) is 59.3 Å². The van der Waals surface area contributed by atoms with Gasteiger partial charge in [-0.3, -0.25) is 4.79 Å². The highest BCUT2D eigenvalue weighted by Gasteiger charge is 2.11. The first-order valence-corrected chi connectivity index (χ1v) is 11.0. The van der Waals surface area contributed by atoms with Gasteiger partial charge in [0, 0.05) is 28.1 Å². The largest absolute Gasteiger partial charge is 0.325 e. The number of fused-ring (bicyclic) bond motifs is 1. The van der Waals surface area contributed by atoms with Gasteiger partial charge in [0.1, 0.15) is 5.03 Å². The minimum absolute atomic E-state index is 0.0731. The van der Waals surface area contributed by atoms with Gasteiger partial charge in [-0.2, -0.15) is 5.10 Å². The molecule has 1 amide bonds. The number of carbonyl (C=O) groups is 1. The van der Waals surface area contributed by atoms with Crippen LogP contribution in [0.25, 0.3) is 16.8 Å². The average Bonchev–Trinajstić information content (AvgIpc) is 3.19. The van der Waals surface area contributed by atoms with E-state index in [9.17, 15) is 4.79 Å². The second-order valence-electron chi connectivity index (χ2n) is 6.49. The van der Waals surface area contributed by atoms with Crippen LogP contribution in [0.5, 0.6) is 0 Å². The Morgan fingerprint density at radius 3 is 2.62 bits per heavy atom. The minimum Gasteiger partial charge on any atom is -0.325 e. The molecular weight excluding hydrogens is 448 g/mol. The molecule has 2 aromatic heterocycles. The van der Waals surface area contributed by atoms with Gasteiger partial charge in [-0.1, -0.05) is 58.9 Å². The molecule has 0 aliphatic heterocycles. The lowest BCUT2D eigenvalue weighted by molar-refractivity contribution is -0.113. The third-order valence-electron chi connectivity index (χ3n) is 4.48. The summed E-state index contributed by atoms with van der Waals surface area (Å²) in [6.07, 6.45) is 4.54.